The number of nitrogens with one attached hydrogen (secondary N) is 1. The van der Waals surface area contributed by atoms with Crippen molar-refractivity contribution in [3.63, 3.8) is 0 Å². The van der Waals surface area contributed by atoms with Gasteiger partial charge in [-0.05, 0) is 48.6 Å². The number of esters is 1. The second kappa shape index (κ2) is 10.4. The molecule has 3 aliphatic rings. The van der Waals surface area contributed by atoms with Crippen molar-refractivity contribution in [2.24, 2.45) is 5.92 Å². The first kappa shape index (κ1) is 26.1. The molecule has 3 aliphatic heterocycles. The molecule has 6 heteroatoms. The fourth-order valence-electron chi connectivity index (χ4n) is 6.91. The Bertz CT molecular complexity index is 1490. The molecule has 1 spiro atoms. The van der Waals surface area contributed by atoms with E-state index in [4.69, 9.17) is 4.74 Å². The number of carbonyl (C=O) groups excluding carboxylic acids is 3. The number of unbranched alkanes of at least 4 members (excludes halogenated alkanes) is 2. The summed E-state index contributed by atoms with van der Waals surface area (Å²) >= 11 is 0. The highest BCUT2D eigenvalue weighted by Crippen LogP contribution is 2.57. The summed E-state index contributed by atoms with van der Waals surface area (Å²) in [5, 5.41) is 3.05. The molecule has 204 valence electrons. The van der Waals surface area contributed by atoms with Crippen LogP contribution in [0.15, 0.2) is 78.9 Å². The van der Waals surface area contributed by atoms with Gasteiger partial charge in [0.1, 0.15) is 11.5 Å². The number of para-hydroxylation sites is 2. The monoisotopic (exact) mass is 534 g/mol. The summed E-state index contributed by atoms with van der Waals surface area (Å²) in [4.78, 5) is 44.7. The molecule has 1 amide bonds. The van der Waals surface area contributed by atoms with Crippen LogP contribution in [-0.2, 0) is 26.2 Å². The van der Waals surface area contributed by atoms with Gasteiger partial charge >= 0.3 is 5.97 Å². The summed E-state index contributed by atoms with van der Waals surface area (Å²) < 4.78 is 5.62. The topological polar surface area (TPSA) is 75.7 Å². The van der Waals surface area contributed by atoms with Crippen LogP contribution in [0.2, 0.25) is 0 Å². The van der Waals surface area contributed by atoms with Gasteiger partial charge in [0.25, 0.3) is 0 Å². The first-order valence-electron chi connectivity index (χ1n) is 14.3. The van der Waals surface area contributed by atoms with Crippen molar-refractivity contribution in [2.75, 3.05) is 16.8 Å². The van der Waals surface area contributed by atoms with E-state index in [-0.39, 0.29) is 18.3 Å². The first-order chi connectivity index (χ1) is 19.5. The number of ether oxygens (including phenoxy) is 1. The number of fused-ring (bicyclic) bond motifs is 6. The number of carbonyl (C=O) groups is 3. The Kier molecular flexibility index (Phi) is 6.78. The van der Waals surface area contributed by atoms with Gasteiger partial charge in [-0.15, -0.1) is 0 Å². The molecule has 3 heterocycles. The van der Waals surface area contributed by atoms with E-state index in [0.29, 0.717) is 11.3 Å². The molecule has 3 aromatic rings. The van der Waals surface area contributed by atoms with Crippen molar-refractivity contribution in [2.45, 2.75) is 57.0 Å². The van der Waals surface area contributed by atoms with Gasteiger partial charge in [-0.2, -0.15) is 0 Å². The number of nitrogens with zero attached hydrogens (tertiary/aromatic N) is 1. The summed E-state index contributed by atoms with van der Waals surface area (Å²) in [5.74, 6) is -2.00. The van der Waals surface area contributed by atoms with E-state index in [1.54, 1.807) is 6.92 Å². The number of hydrogen-bond donors (Lipinski definition) is 1. The number of aryl methyl sites for hydroxylation is 1. The third kappa shape index (κ3) is 3.88. The van der Waals surface area contributed by atoms with Gasteiger partial charge < -0.3 is 15.0 Å². The molecule has 1 saturated heterocycles. The van der Waals surface area contributed by atoms with Crippen LogP contribution in [0.5, 0.6) is 0 Å². The molecular weight excluding hydrogens is 500 g/mol. The molecule has 0 bridgehead atoms. The molecule has 0 aliphatic carbocycles. The standard InChI is InChI=1S/C34H34N2O4/c1-3-5-6-11-22-16-18-24(19-17-22)31(37)29-30(32(38)40-4-2)36-27-15-10-7-12-23(27)20-21-28(36)34(29)25-13-8-9-14-26(25)35-33(34)39/h7-10,12-21,28-30H,3-6,11H2,1-2H3,(H,35,39)/t28-,29-,30+,34-/m0/s1. The van der Waals surface area contributed by atoms with Crippen molar-refractivity contribution in [3.05, 3.63) is 101 Å². The summed E-state index contributed by atoms with van der Waals surface area (Å²) in [6, 6.07) is 21.5. The maximum atomic E-state index is 14.7. The van der Waals surface area contributed by atoms with Crippen molar-refractivity contribution in [3.8, 4) is 0 Å². The average Bonchev–Trinajstić information content (AvgIpc) is 3.46. The zero-order chi connectivity index (χ0) is 27.9. The van der Waals surface area contributed by atoms with Gasteiger partial charge in [0.15, 0.2) is 5.78 Å². The lowest BCUT2D eigenvalue weighted by Gasteiger charge is -2.37. The molecule has 0 aromatic heterocycles. The van der Waals surface area contributed by atoms with Gasteiger partial charge in [0.2, 0.25) is 5.91 Å². The third-order valence-electron chi connectivity index (χ3n) is 8.66. The predicted octanol–water partition coefficient (Wildman–Crippen LogP) is 5.96. The Morgan fingerprint density at radius 2 is 1.70 bits per heavy atom. The van der Waals surface area contributed by atoms with Gasteiger partial charge in [0.05, 0.1) is 18.6 Å². The Hall–Kier alpha value is -4.19. The molecule has 1 fully saturated rings. The van der Waals surface area contributed by atoms with Crippen LogP contribution in [0.4, 0.5) is 11.4 Å². The predicted molar refractivity (Wildman–Crippen MR) is 156 cm³/mol. The van der Waals surface area contributed by atoms with Crippen LogP contribution >= 0.6 is 0 Å². The second-order valence-corrected chi connectivity index (χ2v) is 10.8. The minimum absolute atomic E-state index is 0.175. The van der Waals surface area contributed by atoms with Gasteiger partial charge in [0, 0.05) is 16.9 Å². The highest BCUT2D eigenvalue weighted by atomic mass is 16.5. The van der Waals surface area contributed by atoms with Gasteiger partial charge in [-0.1, -0.05) is 92.6 Å². The molecule has 4 atom stereocenters. The number of ketones is 1. The molecule has 0 saturated carbocycles. The summed E-state index contributed by atoms with van der Waals surface area (Å²) in [5.41, 5.74) is 3.51. The van der Waals surface area contributed by atoms with Gasteiger partial charge in [-0.3, -0.25) is 9.59 Å². The summed E-state index contributed by atoms with van der Waals surface area (Å²) in [6.45, 7) is 4.11. The molecule has 0 radical (unpaired) electrons. The maximum absolute atomic E-state index is 14.7. The van der Waals surface area contributed by atoms with Gasteiger partial charge in [-0.25, -0.2) is 4.79 Å². The van der Waals surface area contributed by atoms with Crippen molar-refractivity contribution in [1.82, 2.24) is 0 Å². The zero-order valence-corrected chi connectivity index (χ0v) is 22.9. The Balaban J connectivity index is 1.53. The second-order valence-electron chi connectivity index (χ2n) is 10.8. The number of hydrogen-bond acceptors (Lipinski definition) is 5. The van der Waals surface area contributed by atoms with E-state index >= 15 is 0 Å². The SMILES string of the molecule is CCCCCc1ccc(C(=O)[C@@H]2[C@H](C(=O)OCC)N3c4ccccc4C=C[C@H]3[C@]23C(=O)Nc2ccccc23)cc1. The average molecular weight is 535 g/mol. The number of amides is 1. The quantitative estimate of drug-likeness (QED) is 0.219. The van der Waals surface area contributed by atoms with Crippen LogP contribution in [0, 0.1) is 5.92 Å². The van der Waals surface area contributed by atoms with Crippen LogP contribution < -0.4 is 10.2 Å². The number of anilines is 2. The lowest BCUT2D eigenvalue weighted by molar-refractivity contribution is -0.145. The smallest absolute Gasteiger partial charge is 0.329 e. The summed E-state index contributed by atoms with van der Waals surface area (Å²) in [6.07, 6.45) is 8.32. The van der Waals surface area contributed by atoms with Crippen molar-refractivity contribution >= 4 is 35.1 Å². The normalized spacial score (nSPS) is 23.9. The fraction of sp³-hybridized carbons (Fsp3) is 0.324. The zero-order valence-electron chi connectivity index (χ0n) is 22.9. The van der Waals surface area contributed by atoms with Crippen molar-refractivity contribution in [1.29, 1.82) is 0 Å². The minimum Gasteiger partial charge on any atom is -0.464 e. The third-order valence-corrected chi connectivity index (χ3v) is 8.66. The molecular formula is C34H34N2O4. The lowest BCUT2D eigenvalue weighted by Crippen LogP contribution is -2.51. The van der Waals surface area contributed by atoms with E-state index in [1.807, 2.05) is 89.8 Å². The van der Waals surface area contributed by atoms with Crippen molar-refractivity contribution < 1.29 is 19.1 Å². The minimum atomic E-state index is -1.31. The number of rotatable bonds is 8. The van der Waals surface area contributed by atoms with E-state index in [2.05, 4.69) is 12.2 Å². The highest BCUT2D eigenvalue weighted by molar-refractivity contribution is 6.16. The fourth-order valence-corrected chi connectivity index (χ4v) is 6.91. The summed E-state index contributed by atoms with van der Waals surface area (Å²) in [7, 11) is 0. The Morgan fingerprint density at radius 1 is 0.950 bits per heavy atom. The van der Waals surface area contributed by atoms with E-state index in [1.165, 1.54) is 5.56 Å². The lowest BCUT2D eigenvalue weighted by atomic mass is 9.64. The first-order valence-corrected chi connectivity index (χ1v) is 14.3. The van der Waals surface area contributed by atoms with E-state index in [0.717, 1.165) is 42.5 Å². The highest BCUT2D eigenvalue weighted by Gasteiger charge is 2.70. The van der Waals surface area contributed by atoms with Crippen LogP contribution in [-0.4, -0.2) is 36.4 Å². The van der Waals surface area contributed by atoms with E-state index < -0.39 is 29.4 Å². The maximum Gasteiger partial charge on any atom is 0.329 e. The van der Waals surface area contributed by atoms with Crippen LogP contribution in [0.3, 0.4) is 0 Å². The van der Waals surface area contributed by atoms with E-state index in [9.17, 15) is 14.4 Å². The number of Topliss-reactive ketones (excluding diaryl/α,β-unsaturated/α-hetero) is 1. The molecule has 1 N–H and O–H groups in total. The largest absolute Gasteiger partial charge is 0.464 e. The molecule has 6 nitrogen and oxygen atoms in total. The number of benzene rings is 3. The molecule has 3 aromatic carbocycles. The van der Waals surface area contributed by atoms with Crippen LogP contribution in [0.25, 0.3) is 6.08 Å². The molecule has 0 unspecified atom stereocenters. The Labute approximate surface area is 235 Å². The molecule has 6 rings (SSSR count). The van der Waals surface area contributed by atoms with Crippen LogP contribution in [0.1, 0.15) is 60.2 Å². The Morgan fingerprint density at radius 3 is 2.48 bits per heavy atom. The molecule has 40 heavy (non-hydrogen) atoms.